The zero-order valence-corrected chi connectivity index (χ0v) is 7.68. The van der Waals surface area contributed by atoms with Gasteiger partial charge in [0.1, 0.15) is 5.82 Å². The van der Waals surface area contributed by atoms with Crippen LogP contribution in [0, 0.1) is 0 Å². The van der Waals surface area contributed by atoms with Gasteiger partial charge >= 0.3 is 6.55 Å². The van der Waals surface area contributed by atoms with Gasteiger partial charge in [-0.1, -0.05) is 0 Å². The number of thioether (sulfide) groups is 1. The van der Waals surface area contributed by atoms with Crippen LogP contribution in [0.1, 0.15) is 12.4 Å². The largest absolute Gasteiger partial charge is 0.396 e. The predicted octanol–water partition coefficient (Wildman–Crippen LogP) is 1.50. The molecule has 0 radical (unpaired) electrons. The zero-order chi connectivity index (χ0) is 9.68. The van der Waals surface area contributed by atoms with Crippen molar-refractivity contribution in [1.29, 1.82) is 0 Å². The van der Waals surface area contributed by atoms with Gasteiger partial charge in [-0.15, -0.1) is 0 Å². The SMILES string of the molecule is OCCSCc1nccn1C(F)F. The molecule has 0 saturated heterocycles. The second kappa shape index (κ2) is 5.18. The van der Waals surface area contributed by atoms with Gasteiger partial charge in [0, 0.05) is 18.1 Å². The molecule has 0 aromatic carbocycles. The quantitative estimate of drug-likeness (QED) is 0.745. The first-order valence-electron chi connectivity index (χ1n) is 3.74. The number of aromatic nitrogens is 2. The standard InChI is InChI=1S/C7H10F2N2OS/c8-7(9)11-2-1-10-6(11)5-13-4-3-12/h1-2,7,12H,3-5H2. The second-order valence-electron chi connectivity index (χ2n) is 2.30. The van der Waals surface area contributed by atoms with Crippen LogP contribution >= 0.6 is 11.8 Å². The predicted molar refractivity (Wildman–Crippen MR) is 46.7 cm³/mol. The molecular formula is C7H10F2N2OS. The van der Waals surface area contributed by atoms with Gasteiger partial charge in [0.25, 0.3) is 0 Å². The van der Waals surface area contributed by atoms with Crippen molar-refractivity contribution < 1.29 is 13.9 Å². The summed E-state index contributed by atoms with van der Waals surface area (Å²) in [6, 6.07) is 0. The normalized spacial score (nSPS) is 11.1. The minimum Gasteiger partial charge on any atom is -0.396 e. The van der Waals surface area contributed by atoms with Crippen molar-refractivity contribution in [2.24, 2.45) is 0 Å². The van der Waals surface area contributed by atoms with E-state index >= 15 is 0 Å². The van der Waals surface area contributed by atoms with Crippen LogP contribution in [-0.2, 0) is 5.75 Å². The molecule has 0 bridgehead atoms. The van der Waals surface area contributed by atoms with Gasteiger partial charge in [0.05, 0.1) is 12.4 Å². The number of alkyl halides is 2. The molecule has 1 heterocycles. The van der Waals surface area contributed by atoms with E-state index in [9.17, 15) is 8.78 Å². The number of aliphatic hydroxyl groups excluding tert-OH is 1. The monoisotopic (exact) mass is 208 g/mol. The molecule has 0 atom stereocenters. The molecule has 74 valence electrons. The highest BCUT2D eigenvalue weighted by atomic mass is 32.2. The molecule has 0 saturated carbocycles. The minimum atomic E-state index is -2.53. The van der Waals surface area contributed by atoms with E-state index in [0.717, 1.165) is 4.57 Å². The fraction of sp³-hybridized carbons (Fsp3) is 0.571. The van der Waals surface area contributed by atoms with Gasteiger partial charge in [-0.3, -0.25) is 4.57 Å². The van der Waals surface area contributed by atoms with E-state index < -0.39 is 6.55 Å². The lowest BCUT2D eigenvalue weighted by atomic mass is 10.7. The Morgan fingerprint density at radius 1 is 1.62 bits per heavy atom. The lowest BCUT2D eigenvalue weighted by Crippen LogP contribution is -2.02. The Labute approximate surface area is 78.8 Å². The van der Waals surface area contributed by atoms with Crippen LogP contribution in [-0.4, -0.2) is 27.0 Å². The summed E-state index contributed by atoms with van der Waals surface area (Å²) in [5.74, 6) is 1.28. The molecule has 3 nitrogen and oxygen atoms in total. The molecule has 1 aromatic heterocycles. The number of aliphatic hydroxyl groups is 1. The minimum absolute atomic E-state index is 0.0556. The van der Waals surface area contributed by atoms with Gasteiger partial charge < -0.3 is 5.11 Å². The van der Waals surface area contributed by atoms with Gasteiger partial charge in [-0.25, -0.2) is 4.98 Å². The van der Waals surface area contributed by atoms with Crippen molar-refractivity contribution in [3.8, 4) is 0 Å². The lowest BCUT2D eigenvalue weighted by molar-refractivity contribution is 0.0678. The van der Waals surface area contributed by atoms with Crippen molar-refractivity contribution >= 4 is 11.8 Å². The van der Waals surface area contributed by atoms with Crippen LogP contribution in [0.4, 0.5) is 8.78 Å². The van der Waals surface area contributed by atoms with E-state index in [-0.39, 0.29) is 6.61 Å². The molecule has 1 rings (SSSR count). The van der Waals surface area contributed by atoms with E-state index in [1.165, 1.54) is 24.2 Å². The number of imidazole rings is 1. The van der Waals surface area contributed by atoms with Crippen molar-refractivity contribution in [2.75, 3.05) is 12.4 Å². The Balaban J connectivity index is 2.50. The highest BCUT2D eigenvalue weighted by Crippen LogP contribution is 2.16. The van der Waals surface area contributed by atoms with E-state index in [4.69, 9.17) is 5.11 Å². The summed E-state index contributed by atoms with van der Waals surface area (Å²) in [7, 11) is 0. The molecule has 13 heavy (non-hydrogen) atoms. The van der Waals surface area contributed by atoms with Gasteiger partial charge in [0.15, 0.2) is 0 Å². The average molecular weight is 208 g/mol. The van der Waals surface area contributed by atoms with Crippen molar-refractivity contribution in [3.05, 3.63) is 18.2 Å². The van der Waals surface area contributed by atoms with Gasteiger partial charge in [-0.05, 0) is 0 Å². The molecule has 0 amide bonds. The van der Waals surface area contributed by atoms with Crippen LogP contribution in [0.25, 0.3) is 0 Å². The highest BCUT2D eigenvalue weighted by molar-refractivity contribution is 7.98. The third kappa shape index (κ3) is 2.96. The first kappa shape index (κ1) is 10.5. The number of hydrogen-bond donors (Lipinski definition) is 1. The Morgan fingerprint density at radius 2 is 2.38 bits per heavy atom. The molecule has 1 N–H and O–H groups in total. The lowest BCUT2D eigenvalue weighted by Gasteiger charge is -2.04. The fourth-order valence-electron chi connectivity index (χ4n) is 0.861. The molecule has 0 unspecified atom stereocenters. The molecule has 0 aliphatic rings. The summed E-state index contributed by atoms with van der Waals surface area (Å²) in [4.78, 5) is 3.79. The van der Waals surface area contributed by atoms with E-state index in [0.29, 0.717) is 17.3 Å². The third-order valence-electron chi connectivity index (χ3n) is 1.43. The summed E-state index contributed by atoms with van der Waals surface area (Å²) < 4.78 is 25.3. The Kier molecular flexibility index (Phi) is 4.17. The maximum Gasteiger partial charge on any atom is 0.319 e. The number of hydrogen-bond acceptors (Lipinski definition) is 3. The molecule has 0 fully saturated rings. The summed E-state index contributed by atoms with van der Waals surface area (Å²) in [6.45, 7) is -2.48. The molecule has 6 heteroatoms. The van der Waals surface area contributed by atoms with Crippen molar-refractivity contribution in [2.45, 2.75) is 12.3 Å². The fourth-order valence-corrected chi connectivity index (χ4v) is 1.54. The molecule has 0 aliphatic carbocycles. The van der Waals surface area contributed by atoms with E-state index in [1.54, 1.807) is 0 Å². The van der Waals surface area contributed by atoms with Crippen LogP contribution < -0.4 is 0 Å². The zero-order valence-electron chi connectivity index (χ0n) is 6.86. The van der Waals surface area contributed by atoms with Crippen LogP contribution in [0.5, 0.6) is 0 Å². The summed E-state index contributed by atoms with van der Waals surface area (Å²) in [6.07, 6.45) is 2.60. The number of nitrogens with zero attached hydrogens (tertiary/aromatic N) is 2. The molecular weight excluding hydrogens is 198 g/mol. The first-order chi connectivity index (χ1) is 6.25. The number of rotatable bonds is 5. The van der Waals surface area contributed by atoms with Gasteiger partial charge in [-0.2, -0.15) is 20.5 Å². The topological polar surface area (TPSA) is 38.1 Å². The second-order valence-corrected chi connectivity index (χ2v) is 3.41. The highest BCUT2D eigenvalue weighted by Gasteiger charge is 2.10. The molecule has 1 aromatic rings. The first-order valence-corrected chi connectivity index (χ1v) is 4.89. The van der Waals surface area contributed by atoms with Crippen molar-refractivity contribution in [1.82, 2.24) is 9.55 Å². The number of halogens is 2. The average Bonchev–Trinajstić information content (AvgIpc) is 2.53. The Hall–Kier alpha value is -0.620. The molecule has 0 spiro atoms. The Bertz CT molecular complexity index is 254. The van der Waals surface area contributed by atoms with Crippen LogP contribution in [0.15, 0.2) is 12.4 Å². The smallest absolute Gasteiger partial charge is 0.319 e. The van der Waals surface area contributed by atoms with Crippen molar-refractivity contribution in [3.63, 3.8) is 0 Å². The molecule has 0 aliphatic heterocycles. The summed E-state index contributed by atoms with van der Waals surface area (Å²) in [5, 5.41) is 8.48. The summed E-state index contributed by atoms with van der Waals surface area (Å²) >= 11 is 1.38. The third-order valence-corrected chi connectivity index (χ3v) is 2.36. The maximum atomic E-state index is 12.2. The Morgan fingerprint density at radius 3 is 3.00 bits per heavy atom. The van der Waals surface area contributed by atoms with Crippen LogP contribution in [0.2, 0.25) is 0 Å². The summed E-state index contributed by atoms with van der Waals surface area (Å²) in [5.41, 5.74) is 0. The maximum absolute atomic E-state index is 12.2. The van der Waals surface area contributed by atoms with E-state index in [1.807, 2.05) is 0 Å². The van der Waals surface area contributed by atoms with Crippen LogP contribution in [0.3, 0.4) is 0 Å². The van der Waals surface area contributed by atoms with Gasteiger partial charge in [0.2, 0.25) is 0 Å². The van der Waals surface area contributed by atoms with E-state index in [2.05, 4.69) is 4.98 Å².